The number of aromatic nitrogens is 3. The number of nitrogens with zero attached hydrogens (tertiary/aromatic N) is 4. The molecule has 0 atom stereocenters. The van der Waals surface area contributed by atoms with Gasteiger partial charge in [0.1, 0.15) is 0 Å². The van der Waals surface area contributed by atoms with Crippen molar-refractivity contribution in [2.24, 2.45) is 0 Å². The molecule has 0 aliphatic carbocycles. The molecule has 1 N–H and O–H groups in total. The summed E-state index contributed by atoms with van der Waals surface area (Å²) >= 11 is 3.16. The van der Waals surface area contributed by atoms with Gasteiger partial charge < -0.3 is 5.32 Å². The van der Waals surface area contributed by atoms with Gasteiger partial charge in [-0.3, -0.25) is 14.8 Å². The molecule has 0 amide bonds. The van der Waals surface area contributed by atoms with Gasteiger partial charge in [-0.1, -0.05) is 11.3 Å². The number of nitro groups is 1. The molecule has 0 fully saturated rings. The van der Waals surface area contributed by atoms with Crippen LogP contribution in [0.3, 0.4) is 0 Å². The maximum absolute atomic E-state index is 10.8. The zero-order valence-electron chi connectivity index (χ0n) is 9.99. The lowest BCUT2D eigenvalue weighted by Crippen LogP contribution is -2.19. The van der Waals surface area contributed by atoms with Crippen molar-refractivity contribution in [3.63, 3.8) is 0 Å². The normalized spacial score (nSPS) is 10.6. The Bertz CT molecular complexity index is 558. The van der Waals surface area contributed by atoms with Crippen LogP contribution in [-0.4, -0.2) is 26.5 Å². The molecule has 2 rings (SSSR count). The van der Waals surface area contributed by atoms with Crippen molar-refractivity contribution in [2.75, 3.05) is 6.54 Å². The Morgan fingerprint density at radius 3 is 3.00 bits per heavy atom. The molecular weight excluding hydrogens is 314 g/mol. The van der Waals surface area contributed by atoms with E-state index in [9.17, 15) is 10.1 Å². The van der Waals surface area contributed by atoms with Gasteiger partial charge in [-0.2, -0.15) is 0 Å². The lowest BCUT2D eigenvalue weighted by Gasteiger charge is -2.05. The van der Waals surface area contributed by atoms with E-state index < -0.39 is 4.92 Å². The molecule has 7 nitrogen and oxygen atoms in total. The van der Waals surface area contributed by atoms with Crippen LogP contribution in [0.2, 0.25) is 0 Å². The van der Waals surface area contributed by atoms with Gasteiger partial charge in [0.25, 0.3) is 5.69 Å². The molecule has 1 aromatic carbocycles. The molecular formula is C11H12BrN5O2. The van der Waals surface area contributed by atoms with Crippen molar-refractivity contribution in [3.05, 3.63) is 50.7 Å². The summed E-state index contributed by atoms with van der Waals surface area (Å²) in [6.45, 7) is 1.99. The van der Waals surface area contributed by atoms with Crippen molar-refractivity contribution in [2.45, 2.75) is 13.1 Å². The first-order chi connectivity index (χ1) is 9.16. The molecule has 1 heterocycles. The first-order valence-electron chi connectivity index (χ1n) is 5.64. The fraction of sp³-hybridized carbons (Fsp3) is 0.273. The first-order valence-corrected chi connectivity index (χ1v) is 6.44. The summed E-state index contributed by atoms with van der Waals surface area (Å²) in [6, 6.07) is 5.10. The zero-order valence-corrected chi connectivity index (χ0v) is 11.6. The van der Waals surface area contributed by atoms with Crippen LogP contribution in [-0.2, 0) is 13.1 Å². The Balaban J connectivity index is 1.86. The summed E-state index contributed by atoms with van der Waals surface area (Å²) in [6.07, 6.45) is 3.41. The van der Waals surface area contributed by atoms with E-state index in [2.05, 4.69) is 31.6 Å². The minimum Gasteiger partial charge on any atom is -0.311 e. The highest BCUT2D eigenvalue weighted by Crippen LogP contribution is 2.25. The van der Waals surface area contributed by atoms with Gasteiger partial charge >= 0.3 is 0 Å². The Kier molecular flexibility index (Phi) is 4.58. The van der Waals surface area contributed by atoms with E-state index in [1.54, 1.807) is 29.2 Å². The number of nitro benzene ring substituents is 1. The van der Waals surface area contributed by atoms with Crippen molar-refractivity contribution in [1.29, 1.82) is 0 Å². The van der Waals surface area contributed by atoms with Crippen LogP contribution < -0.4 is 5.32 Å². The summed E-state index contributed by atoms with van der Waals surface area (Å²) in [5.74, 6) is 0. The van der Waals surface area contributed by atoms with Gasteiger partial charge in [-0.15, -0.1) is 5.10 Å². The number of nitrogens with one attached hydrogen (secondary N) is 1. The Morgan fingerprint density at radius 1 is 1.47 bits per heavy atom. The van der Waals surface area contributed by atoms with Crippen molar-refractivity contribution in [3.8, 4) is 0 Å². The molecule has 2 aromatic rings. The first kappa shape index (κ1) is 13.6. The van der Waals surface area contributed by atoms with Crippen molar-refractivity contribution >= 4 is 21.6 Å². The predicted molar refractivity (Wildman–Crippen MR) is 72.5 cm³/mol. The Hall–Kier alpha value is -1.80. The monoisotopic (exact) mass is 325 g/mol. The molecule has 0 saturated carbocycles. The van der Waals surface area contributed by atoms with E-state index in [-0.39, 0.29) is 5.69 Å². The Morgan fingerprint density at radius 2 is 2.32 bits per heavy atom. The van der Waals surface area contributed by atoms with Crippen LogP contribution >= 0.6 is 15.9 Å². The second-order valence-electron chi connectivity index (χ2n) is 3.89. The summed E-state index contributed by atoms with van der Waals surface area (Å²) < 4.78 is 2.21. The number of benzene rings is 1. The largest absolute Gasteiger partial charge is 0.311 e. The van der Waals surface area contributed by atoms with E-state index >= 15 is 0 Å². The molecule has 8 heteroatoms. The summed E-state index contributed by atoms with van der Waals surface area (Å²) in [5.41, 5.74) is 0.948. The third-order valence-corrected chi connectivity index (χ3v) is 3.20. The van der Waals surface area contributed by atoms with E-state index in [4.69, 9.17) is 0 Å². The minimum absolute atomic E-state index is 0.0792. The number of rotatable bonds is 6. The summed E-state index contributed by atoms with van der Waals surface area (Å²) in [4.78, 5) is 10.4. The van der Waals surface area contributed by atoms with Crippen LogP contribution in [0.4, 0.5) is 5.69 Å². The fourth-order valence-electron chi connectivity index (χ4n) is 1.59. The molecule has 0 radical (unpaired) electrons. The highest BCUT2D eigenvalue weighted by molar-refractivity contribution is 9.10. The molecule has 1 aromatic heterocycles. The smallest absolute Gasteiger partial charge is 0.283 e. The molecule has 0 aliphatic rings. The van der Waals surface area contributed by atoms with E-state index in [0.717, 1.165) is 5.56 Å². The van der Waals surface area contributed by atoms with Gasteiger partial charge in [-0.05, 0) is 27.6 Å². The molecule has 0 aliphatic heterocycles. The highest BCUT2D eigenvalue weighted by Gasteiger charge is 2.11. The maximum Gasteiger partial charge on any atom is 0.283 e. The van der Waals surface area contributed by atoms with E-state index in [0.29, 0.717) is 24.1 Å². The van der Waals surface area contributed by atoms with Gasteiger partial charge in [-0.25, -0.2) is 0 Å². The lowest BCUT2D eigenvalue weighted by molar-refractivity contribution is -0.385. The topological polar surface area (TPSA) is 85.9 Å². The minimum atomic E-state index is -0.400. The predicted octanol–water partition coefficient (Wildman–Crippen LogP) is 1.74. The second-order valence-corrected chi connectivity index (χ2v) is 4.74. The van der Waals surface area contributed by atoms with Gasteiger partial charge in [0.05, 0.1) is 22.1 Å². The van der Waals surface area contributed by atoms with Crippen LogP contribution in [0.25, 0.3) is 0 Å². The van der Waals surface area contributed by atoms with E-state index in [1.807, 2.05) is 6.07 Å². The van der Waals surface area contributed by atoms with Crippen LogP contribution in [0.1, 0.15) is 5.56 Å². The number of hydrogen-bond acceptors (Lipinski definition) is 5. The quantitative estimate of drug-likeness (QED) is 0.496. The van der Waals surface area contributed by atoms with Crippen LogP contribution in [0.5, 0.6) is 0 Å². The number of hydrogen-bond donors (Lipinski definition) is 1. The van der Waals surface area contributed by atoms with Gasteiger partial charge in [0.15, 0.2) is 0 Å². The van der Waals surface area contributed by atoms with Crippen LogP contribution in [0, 0.1) is 10.1 Å². The van der Waals surface area contributed by atoms with Gasteiger partial charge in [0.2, 0.25) is 0 Å². The molecule has 19 heavy (non-hydrogen) atoms. The third kappa shape index (κ3) is 3.83. The number of halogens is 1. The lowest BCUT2D eigenvalue weighted by atomic mass is 10.2. The van der Waals surface area contributed by atoms with Crippen molar-refractivity contribution < 1.29 is 4.92 Å². The fourth-order valence-corrected chi connectivity index (χ4v) is 1.98. The third-order valence-electron chi connectivity index (χ3n) is 2.53. The SMILES string of the molecule is O=[N+]([O-])c1cc(CNCCn2ccnn2)ccc1Br. The average Bonchev–Trinajstić information content (AvgIpc) is 2.89. The average molecular weight is 326 g/mol. The summed E-state index contributed by atoms with van der Waals surface area (Å²) in [7, 11) is 0. The molecule has 0 unspecified atom stereocenters. The molecule has 100 valence electrons. The molecule has 0 bridgehead atoms. The second kappa shape index (κ2) is 6.39. The molecule has 0 saturated heterocycles. The van der Waals surface area contributed by atoms with Crippen molar-refractivity contribution in [1.82, 2.24) is 20.3 Å². The maximum atomic E-state index is 10.8. The highest BCUT2D eigenvalue weighted by atomic mass is 79.9. The Labute approximate surface area is 117 Å². The van der Waals surface area contributed by atoms with E-state index in [1.165, 1.54) is 0 Å². The summed E-state index contributed by atoms with van der Waals surface area (Å²) in [5, 5.41) is 21.5. The van der Waals surface area contributed by atoms with Crippen LogP contribution in [0.15, 0.2) is 35.1 Å². The standard InChI is InChI=1S/C11H12BrN5O2/c12-10-2-1-9(7-11(10)17(18)19)8-13-3-5-16-6-4-14-15-16/h1-2,4,6-7,13H,3,5,8H2. The molecule has 0 spiro atoms. The zero-order chi connectivity index (χ0) is 13.7. The van der Waals surface area contributed by atoms with Gasteiger partial charge in [0, 0.05) is 25.4 Å².